The number of rotatable bonds is 5. The van der Waals surface area contributed by atoms with Gasteiger partial charge in [-0.3, -0.25) is 4.90 Å². The molecule has 0 aliphatic carbocycles. The molecular formula is C12H20N2O5S. The Morgan fingerprint density at radius 1 is 1.45 bits per heavy atom. The smallest absolute Gasteiger partial charge is 0.328 e. The van der Waals surface area contributed by atoms with Crippen LogP contribution in [0.5, 0.6) is 0 Å². The van der Waals surface area contributed by atoms with E-state index in [1.54, 1.807) is 6.92 Å². The van der Waals surface area contributed by atoms with Gasteiger partial charge in [-0.2, -0.15) is 0 Å². The molecule has 0 bridgehead atoms. The van der Waals surface area contributed by atoms with E-state index in [0.29, 0.717) is 12.2 Å². The SMILES string of the molecule is CCOC(=O)C(C)NC(=O)N1C(CC)SCC1C(=O)O. The van der Waals surface area contributed by atoms with Gasteiger partial charge in [0, 0.05) is 5.75 Å². The molecule has 3 unspecified atom stereocenters. The van der Waals surface area contributed by atoms with Gasteiger partial charge < -0.3 is 15.2 Å². The molecule has 0 aromatic rings. The van der Waals surface area contributed by atoms with E-state index in [2.05, 4.69) is 5.32 Å². The molecule has 1 aliphatic heterocycles. The van der Waals surface area contributed by atoms with E-state index in [1.807, 2.05) is 6.92 Å². The molecule has 0 radical (unpaired) electrons. The number of hydrogen-bond donors (Lipinski definition) is 2. The fourth-order valence-corrected chi connectivity index (χ4v) is 3.27. The van der Waals surface area contributed by atoms with Gasteiger partial charge in [-0.05, 0) is 20.3 Å². The number of nitrogens with zero attached hydrogens (tertiary/aromatic N) is 1. The quantitative estimate of drug-likeness (QED) is 0.732. The number of carbonyl (C=O) groups is 3. The Morgan fingerprint density at radius 2 is 2.10 bits per heavy atom. The number of ether oxygens (including phenoxy) is 1. The fourth-order valence-electron chi connectivity index (χ4n) is 1.93. The third-order valence-electron chi connectivity index (χ3n) is 2.94. The second-order valence-corrected chi connectivity index (χ2v) is 5.59. The van der Waals surface area contributed by atoms with Crippen LogP contribution in [0.25, 0.3) is 0 Å². The second-order valence-electron chi connectivity index (χ2n) is 4.38. The monoisotopic (exact) mass is 304 g/mol. The van der Waals surface area contributed by atoms with Crippen LogP contribution in [-0.2, 0) is 14.3 Å². The van der Waals surface area contributed by atoms with Crippen LogP contribution >= 0.6 is 11.8 Å². The van der Waals surface area contributed by atoms with Gasteiger partial charge in [-0.15, -0.1) is 11.8 Å². The van der Waals surface area contributed by atoms with Crippen LogP contribution in [0, 0.1) is 0 Å². The average molecular weight is 304 g/mol. The average Bonchev–Trinajstić information content (AvgIpc) is 2.82. The van der Waals surface area contributed by atoms with E-state index in [4.69, 9.17) is 9.84 Å². The first kappa shape index (κ1) is 16.6. The maximum absolute atomic E-state index is 12.2. The molecule has 114 valence electrons. The van der Waals surface area contributed by atoms with Gasteiger partial charge in [0.2, 0.25) is 0 Å². The number of carbonyl (C=O) groups excluding carboxylic acids is 2. The maximum Gasteiger partial charge on any atom is 0.328 e. The molecule has 1 rings (SSSR count). The summed E-state index contributed by atoms with van der Waals surface area (Å²) in [4.78, 5) is 36.1. The number of aliphatic carboxylic acids is 1. The number of esters is 1. The van der Waals surface area contributed by atoms with Crippen LogP contribution in [0.2, 0.25) is 0 Å². The van der Waals surface area contributed by atoms with Crippen LogP contribution in [0.15, 0.2) is 0 Å². The van der Waals surface area contributed by atoms with Gasteiger partial charge in [0.25, 0.3) is 0 Å². The molecule has 1 aliphatic rings. The summed E-state index contributed by atoms with van der Waals surface area (Å²) in [6, 6.07) is -2.21. The summed E-state index contributed by atoms with van der Waals surface area (Å²) in [7, 11) is 0. The zero-order valence-corrected chi connectivity index (χ0v) is 12.6. The molecule has 8 heteroatoms. The van der Waals surface area contributed by atoms with Gasteiger partial charge >= 0.3 is 18.0 Å². The van der Waals surface area contributed by atoms with Crippen LogP contribution in [-0.4, -0.2) is 57.8 Å². The first-order valence-electron chi connectivity index (χ1n) is 6.52. The number of carboxylic acids is 1. The molecule has 7 nitrogen and oxygen atoms in total. The molecule has 2 amide bonds. The molecule has 1 heterocycles. The number of carboxylic acid groups (broad SMARTS) is 1. The zero-order chi connectivity index (χ0) is 15.3. The number of urea groups is 1. The van der Waals surface area contributed by atoms with Crippen LogP contribution in [0.3, 0.4) is 0 Å². The van der Waals surface area contributed by atoms with Crippen molar-refractivity contribution in [1.29, 1.82) is 0 Å². The molecule has 1 saturated heterocycles. The predicted octanol–water partition coefficient (Wildman–Crippen LogP) is 0.886. The lowest BCUT2D eigenvalue weighted by atomic mass is 10.2. The zero-order valence-electron chi connectivity index (χ0n) is 11.8. The van der Waals surface area contributed by atoms with Crippen molar-refractivity contribution in [2.24, 2.45) is 0 Å². The van der Waals surface area contributed by atoms with Gasteiger partial charge in [0.05, 0.1) is 12.0 Å². The van der Waals surface area contributed by atoms with Gasteiger partial charge in [0.15, 0.2) is 0 Å². The fraction of sp³-hybridized carbons (Fsp3) is 0.750. The van der Waals surface area contributed by atoms with Crippen molar-refractivity contribution in [3.8, 4) is 0 Å². The molecule has 3 atom stereocenters. The topological polar surface area (TPSA) is 95.9 Å². The lowest BCUT2D eigenvalue weighted by Crippen LogP contribution is -2.53. The number of hydrogen-bond acceptors (Lipinski definition) is 5. The number of amides is 2. The summed E-state index contributed by atoms with van der Waals surface area (Å²) < 4.78 is 4.80. The Morgan fingerprint density at radius 3 is 2.60 bits per heavy atom. The molecular weight excluding hydrogens is 284 g/mol. The van der Waals surface area contributed by atoms with E-state index in [0.717, 1.165) is 0 Å². The number of thioether (sulfide) groups is 1. The van der Waals surface area contributed by atoms with E-state index in [-0.39, 0.29) is 12.0 Å². The summed E-state index contributed by atoms with van der Waals surface area (Å²) in [6.07, 6.45) is 0.648. The minimum atomic E-state index is -1.03. The summed E-state index contributed by atoms with van der Waals surface area (Å²) in [5.74, 6) is -1.21. The summed E-state index contributed by atoms with van der Waals surface area (Å²) in [5, 5.41) is 11.4. The minimum absolute atomic E-state index is 0.189. The molecule has 0 aromatic heterocycles. The third kappa shape index (κ3) is 3.78. The molecule has 2 N–H and O–H groups in total. The summed E-state index contributed by atoms with van der Waals surface area (Å²) >= 11 is 1.43. The van der Waals surface area contributed by atoms with Crippen LogP contribution in [0.1, 0.15) is 27.2 Å². The highest BCUT2D eigenvalue weighted by Gasteiger charge is 2.41. The van der Waals surface area contributed by atoms with E-state index in [1.165, 1.54) is 23.6 Å². The van der Waals surface area contributed by atoms with Gasteiger partial charge in [0.1, 0.15) is 12.1 Å². The molecule has 0 aromatic carbocycles. The van der Waals surface area contributed by atoms with Crippen molar-refractivity contribution in [1.82, 2.24) is 10.2 Å². The van der Waals surface area contributed by atoms with Crippen LogP contribution < -0.4 is 5.32 Å². The van der Waals surface area contributed by atoms with Crippen molar-refractivity contribution in [3.05, 3.63) is 0 Å². The first-order valence-corrected chi connectivity index (χ1v) is 7.57. The Balaban J connectivity index is 2.72. The highest BCUT2D eigenvalue weighted by Crippen LogP contribution is 2.31. The third-order valence-corrected chi connectivity index (χ3v) is 4.39. The lowest BCUT2D eigenvalue weighted by molar-refractivity contribution is -0.144. The predicted molar refractivity (Wildman–Crippen MR) is 74.4 cm³/mol. The van der Waals surface area contributed by atoms with Gasteiger partial charge in [-0.25, -0.2) is 14.4 Å². The number of nitrogens with one attached hydrogen (secondary N) is 1. The Kier molecular flexibility index (Phi) is 6.12. The van der Waals surface area contributed by atoms with Crippen molar-refractivity contribution in [2.45, 2.75) is 44.6 Å². The molecule has 1 fully saturated rings. The van der Waals surface area contributed by atoms with Crippen LogP contribution in [0.4, 0.5) is 4.79 Å². The minimum Gasteiger partial charge on any atom is -0.480 e. The van der Waals surface area contributed by atoms with Gasteiger partial charge in [-0.1, -0.05) is 6.92 Å². The van der Waals surface area contributed by atoms with E-state index >= 15 is 0 Å². The lowest BCUT2D eigenvalue weighted by Gasteiger charge is -2.28. The van der Waals surface area contributed by atoms with Crippen molar-refractivity contribution in [3.63, 3.8) is 0 Å². The molecule has 20 heavy (non-hydrogen) atoms. The highest BCUT2D eigenvalue weighted by molar-refractivity contribution is 8.00. The second kappa shape index (κ2) is 7.37. The standard InChI is InChI=1S/C12H20N2O5S/c1-4-9-14(8(6-20-9)10(15)16)12(18)13-7(3)11(17)19-5-2/h7-9H,4-6H2,1-3H3,(H,13,18)(H,15,16). The van der Waals surface area contributed by atoms with E-state index < -0.39 is 30.1 Å². The van der Waals surface area contributed by atoms with Crippen molar-refractivity contribution < 1.29 is 24.2 Å². The Labute approximate surface area is 122 Å². The summed E-state index contributed by atoms with van der Waals surface area (Å²) in [6.45, 7) is 5.30. The van der Waals surface area contributed by atoms with E-state index in [9.17, 15) is 14.4 Å². The first-order chi connectivity index (χ1) is 9.42. The normalized spacial score (nSPS) is 23.2. The highest BCUT2D eigenvalue weighted by atomic mass is 32.2. The summed E-state index contributed by atoms with van der Waals surface area (Å²) in [5.41, 5.74) is 0. The Bertz CT molecular complexity index is 390. The molecule has 0 saturated carbocycles. The maximum atomic E-state index is 12.2. The largest absolute Gasteiger partial charge is 0.480 e. The van der Waals surface area contributed by atoms with Crippen molar-refractivity contribution >= 4 is 29.7 Å². The van der Waals surface area contributed by atoms with Crippen molar-refractivity contribution in [2.75, 3.05) is 12.4 Å². The Hall–Kier alpha value is -1.44. The molecule has 0 spiro atoms.